The minimum absolute atomic E-state index is 0.333. The average molecular weight is 325 g/mol. The lowest BCUT2D eigenvalue weighted by Crippen LogP contribution is -2.54. The van der Waals surface area contributed by atoms with Crippen molar-refractivity contribution in [3.05, 3.63) is 24.3 Å². The number of nitrogens with zero attached hydrogens (tertiary/aromatic N) is 1. The molecule has 9 heteroatoms. The molecule has 0 fully saturated rings. The zero-order chi connectivity index (χ0) is 16.3. The van der Waals surface area contributed by atoms with Gasteiger partial charge in [0.25, 0.3) is 5.60 Å². The summed E-state index contributed by atoms with van der Waals surface area (Å²) in [6, 6.07) is 5.80. The van der Waals surface area contributed by atoms with Crippen LogP contribution >= 0.6 is 11.8 Å². The van der Waals surface area contributed by atoms with Gasteiger partial charge in [0.15, 0.2) is 0 Å². The van der Waals surface area contributed by atoms with E-state index in [9.17, 15) is 28.3 Å². The molecule has 0 aliphatic rings. The summed E-state index contributed by atoms with van der Waals surface area (Å²) in [6.45, 7) is 2.04. The number of rotatable bonds is 6. The number of carboxylic acid groups (broad SMARTS) is 1. The van der Waals surface area contributed by atoms with Gasteiger partial charge in [-0.25, -0.2) is 4.79 Å². The van der Waals surface area contributed by atoms with Crippen molar-refractivity contribution >= 4 is 23.4 Å². The molecule has 118 valence electrons. The third-order valence-corrected chi connectivity index (χ3v) is 3.87. The number of hydrogen-bond acceptors (Lipinski definition) is 5. The van der Waals surface area contributed by atoms with Crippen LogP contribution in [0.4, 0.5) is 18.9 Å². The Morgan fingerprint density at radius 2 is 1.81 bits per heavy atom. The van der Waals surface area contributed by atoms with E-state index < -0.39 is 23.5 Å². The SMILES string of the molecule is CCN(O)c1ccc(SCC(O)(C(=O)O)C(F)(F)F)cc1. The van der Waals surface area contributed by atoms with Crippen molar-refractivity contribution in [1.82, 2.24) is 0 Å². The molecule has 0 radical (unpaired) electrons. The second-order valence-corrected chi connectivity index (χ2v) is 5.21. The van der Waals surface area contributed by atoms with Crippen LogP contribution in [0.1, 0.15) is 6.92 Å². The number of hydrogen-bond donors (Lipinski definition) is 3. The molecule has 0 aromatic heterocycles. The molecule has 1 unspecified atom stereocenters. The monoisotopic (exact) mass is 325 g/mol. The number of hydroxylamine groups is 1. The van der Waals surface area contributed by atoms with Gasteiger partial charge < -0.3 is 10.2 Å². The number of aliphatic carboxylic acids is 1. The van der Waals surface area contributed by atoms with E-state index in [2.05, 4.69) is 0 Å². The summed E-state index contributed by atoms with van der Waals surface area (Å²) in [5, 5.41) is 28.2. The molecule has 0 spiro atoms. The molecule has 1 aromatic carbocycles. The van der Waals surface area contributed by atoms with Crippen molar-refractivity contribution in [2.75, 3.05) is 17.4 Å². The number of carboxylic acids is 1. The van der Waals surface area contributed by atoms with Crippen LogP contribution in [0.3, 0.4) is 0 Å². The highest BCUT2D eigenvalue weighted by molar-refractivity contribution is 7.99. The lowest BCUT2D eigenvalue weighted by molar-refractivity contribution is -0.251. The van der Waals surface area contributed by atoms with Crippen LogP contribution in [0.2, 0.25) is 0 Å². The summed E-state index contributed by atoms with van der Waals surface area (Å²) in [5.74, 6) is -3.41. The molecule has 0 amide bonds. The highest BCUT2D eigenvalue weighted by Crippen LogP contribution is 2.35. The Balaban J connectivity index is 2.80. The Bertz CT molecular complexity index is 494. The Morgan fingerprint density at radius 1 is 1.29 bits per heavy atom. The number of alkyl halides is 3. The average Bonchev–Trinajstić information content (AvgIpc) is 2.42. The molecule has 0 heterocycles. The highest BCUT2D eigenvalue weighted by atomic mass is 32.2. The van der Waals surface area contributed by atoms with E-state index in [0.717, 1.165) is 5.06 Å². The van der Waals surface area contributed by atoms with Gasteiger partial charge in [-0.2, -0.15) is 13.2 Å². The highest BCUT2D eigenvalue weighted by Gasteiger charge is 2.60. The lowest BCUT2D eigenvalue weighted by Gasteiger charge is -2.25. The maximum atomic E-state index is 12.6. The van der Waals surface area contributed by atoms with Gasteiger partial charge in [-0.3, -0.25) is 10.3 Å². The van der Waals surface area contributed by atoms with Crippen molar-refractivity contribution < 1.29 is 33.4 Å². The second kappa shape index (κ2) is 6.54. The minimum atomic E-state index is -5.27. The van der Waals surface area contributed by atoms with E-state index in [0.29, 0.717) is 28.9 Å². The van der Waals surface area contributed by atoms with Crippen LogP contribution < -0.4 is 5.06 Å². The van der Waals surface area contributed by atoms with Gasteiger partial charge in [0.2, 0.25) is 0 Å². The fourth-order valence-corrected chi connectivity index (χ4v) is 2.34. The third-order valence-electron chi connectivity index (χ3n) is 2.70. The molecule has 21 heavy (non-hydrogen) atoms. The molecule has 3 N–H and O–H groups in total. The molecule has 1 rings (SSSR count). The molecule has 0 saturated heterocycles. The van der Waals surface area contributed by atoms with Crippen molar-refractivity contribution in [1.29, 1.82) is 0 Å². The molecule has 0 aliphatic carbocycles. The zero-order valence-electron chi connectivity index (χ0n) is 11.0. The summed E-state index contributed by atoms with van der Waals surface area (Å²) >= 11 is 0.560. The maximum Gasteiger partial charge on any atom is 0.429 e. The Morgan fingerprint density at radius 3 is 2.19 bits per heavy atom. The van der Waals surface area contributed by atoms with Crippen LogP contribution in [0.15, 0.2) is 29.2 Å². The van der Waals surface area contributed by atoms with Gasteiger partial charge in [0.1, 0.15) is 0 Å². The number of aliphatic hydroxyl groups is 1. The number of carbonyl (C=O) groups is 1. The first-order valence-corrected chi connectivity index (χ1v) is 6.82. The third kappa shape index (κ3) is 4.02. The smallest absolute Gasteiger partial charge is 0.429 e. The first-order valence-electron chi connectivity index (χ1n) is 5.83. The Kier molecular flexibility index (Phi) is 5.48. The summed E-state index contributed by atoms with van der Waals surface area (Å²) in [7, 11) is 0. The van der Waals surface area contributed by atoms with Gasteiger partial charge in [0, 0.05) is 17.2 Å². The fraction of sp³-hybridized carbons (Fsp3) is 0.417. The first kappa shape index (κ1) is 17.6. The van der Waals surface area contributed by atoms with Crippen LogP contribution in [0.25, 0.3) is 0 Å². The quantitative estimate of drug-likeness (QED) is 0.550. The summed E-state index contributed by atoms with van der Waals surface area (Å²) in [6.07, 6.45) is -5.27. The van der Waals surface area contributed by atoms with Gasteiger partial charge in [-0.05, 0) is 31.2 Å². The first-order chi connectivity index (χ1) is 9.61. The predicted octanol–water partition coefficient (Wildman–Crippen LogP) is 2.37. The molecular formula is C12H14F3NO4S. The number of anilines is 1. The van der Waals surface area contributed by atoms with E-state index in [-0.39, 0.29) is 0 Å². The molecule has 1 aromatic rings. The Hall–Kier alpha value is -1.45. The number of halogens is 3. The van der Waals surface area contributed by atoms with E-state index in [1.165, 1.54) is 24.3 Å². The van der Waals surface area contributed by atoms with E-state index in [4.69, 9.17) is 5.11 Å². The van der Waals surface area contributed by atoms with Crippen molar-refractivity contribution in [2.24, 2.45) is 0 Å². The molecule has 0 bridgehead atoms. The van der Waals surface area contributed by atoms with Crippen LogP contribution in [-0.4, -0.2) is 45.5 Å². The largest absolute Gasteiger partial charge is 0.479 e. The fourth-order valence-electron chi connectivity index (χ4n) is 1.35. The summed E-state index contributed by atoms with van der Waals surface area (Å²) < 4.78 is 37.8. The molecule has 0 aliphatic heterocycles. The topological polar surface area (TPSA) is 81.0 Å². The normalized spacial score (nSPS) is 14.6. The van der Waals surface area contributed by atoms with Crippen LogP contribution in [-0.2, 0) is 4.79 Å². The second-order valence-electron chi connectivity index (χ2n) is 4.16. The zero-order valence-corrected chi connectivity index (χ0v) is 11.8. The van der Waals surface area contributed by atoms with Crippen LogP contribution in [0.5, 0.6) is 0 Å². The minimum Gasteiger partial charge on any atom is -0.479 e. The Labute approximate surface area is 122 Å². The van der Waals surface area contributed by atoms with Gasteiger partial charge in [-0.15, -0.1) is 11.8 Å². The van der Waals surface area contributed by atoms with Crippen LogP contribution in [0, 0.1) is 0 Å². The summed E-state index contributed by atoms with van der Waals surface area (Å²) in [5.41, 5.74) is -3.35. The van der Waals surface area contributed by atoms with E-state index >= 15 is 0 Å². The van der Waals surface area contributed by atoms with Crippen molar-refractivity contribution in [2.45, 2.75) is 23.6 Å². The maximum absolute atomic E-state index is 12.6. The van der Waals surface area contributed by atoms with Crippen molar-refractivity contribution in [3.8, 4) is 0 Å². The summed E-state index contributed by atoms with van der Waals surface area (Å²) in [4.78, 5) is 11.0. The molecule has 1 atom stereocenters. The molecule has 0 saturated carbocycles. The lowest BCUT2D eigenvalue weighted by atomic mass is 10.1. The van der Waals surface area contributed by atoms with Gasteiger partial charge in [0.05, 0.1) is 5.69 Å². The molecular weight excluding hydrogens is 311 g/mol. The number of benzene rings is 1. The molecule has 5 nitrogen and oxygen atoms in total. The van der Waals surface area contributed by atoms with E-state index in [1.807, 2.05) is 0 Å². The van der Waals surface area contributed by atoms with Crippen molar-refractivity contribution in [3.63, 3.8) is 0 Å². The van der Waals surface area contributed by atoms with E-state index in [1.54, 1.807) is 6.92 Å². The van der Waals surface area contributed by atoms with Gasteiger partial charge in [-0.1, -0.05) is 0 Å². The predicted molar refractivity (Wildman–Crippen MR) is 70.6 cm³/mol. The number of thioether (sulfide) groups is 1. The van der Waals surface area contributed by atoms with Gasteiger partial charge >= 0.3 is 12.1 Å². The standard InChI is InChI=1S/C12H14F3NO4S/c1-2-16(20)8-3-5-9(6-4-8)21-7-11(19,10(17)18)12(13,14)15/h3-6,19-20H,2,7H2,1H3,(H,17,18).